The van der Waals surface area contributed by atoms with Gasteiger partial charge in [-0.25, -0.2) is 9.67 Å². The zero-order valence-corrected chi connectivity index (χ0v) is 19.2. The molecule has 1 amide bonds. The van der Waals surface area contributed by atoms with Crippen LogP contribution in [0.3, 0.4) is 0 Å². The first-order valence-corrected chi connectivity index (χ1v) is 11.2. The van der Waals surface area contributed by atoms with Crippen molar-refractivity contribution in [3.05, 3.63) is 114 Å². The first-order chi connectivity index (χ1) is 16.6. The summed E-state index contributed by atoms with van der Waals surface area (Å²) in [4.78, 5) is 24.6. The number of amides is 1. The van der Waals surface area contributed by atoms with Crippen molar-refractivity contribution in [3.8, 4) is 11.3 Å². The van der Waals surface area contributed by atoms with Crippen LogP contribution in [0.25, 0.3) is 22.3 Å². The van der Waals surface area contributed by atoms with Crippen molar-refractivity contribution in [2.24, 2.45) is 0 Å². The van der Waals surface area contributed by atoms with E-state index in [9.17, 15) is 4.79 Å². The predicted octanol–water partition coefficient (Wildman–Crippen LogP) is 5.37. The Balaban J connectivity index is 1.60. The first-order valence-electron chi connectivity index (χ1n) is 11.2. The molecule has 0 aliphatic heterocycles. The molecule has 0 radical (unpaired) electrons. The molecule has 0 bridgehead atoms. The molecule has 168 valence electrons. The van der Waals surface area contributed by atoms with Crippen molar-refractivity contribution >= 4 is 16.9 Å². The van der Waals surface area contributed by atoms with E-state index < -0.39 is 0 Å². The molecule has 2 aromatic carbocycles. The van der Waals surface area contributed by atoms with Crippen molar-refractivity contribution in [3.63, 3.8) is 0 Å². The number of fused-ring (bicyclic) bond motifs is 1. The first kappa shape index (κ1) is 21.5. The number of nitrogens with zero attached hydrogens (tertiary/aromatic N) is 5. The number of carbonyl (C=O) groups excluding carboxylic acids is 1. The van der Waals surface area contributed by atoms with Crippen LogP contribution in [-0.2, 0) is 6.54 Å². The standard InChI is InChI=1S/C28H25N5O/c1-20(23-14-9-15-29-17-23)32(2)28(34)24-16-26(22-12-7-4-8-13-22)31-27-25(24)18-30-33(27)19-21-10-5-3-6-11-21/h3-18,20H,19H2,1-2H3. The lowest BCUT2D eigenvalue weighted by Crippen LogP contribution is -2.30. The maximum Gasteiger partial charge on any atom is 0.254 e. The molecule has 0 aliphatic carbocycles. The van der Waals surface area contributed by atoms with Gasteiger partial charge in [-0.1, -0.05) is 66.7 Å². The number of benzene rings is 2. The molecule has 5 aromatic rings. The van der Waals surface area contributed by atoms with E-state index in [2.05, 4.69) is 22.2 Å². The molecule has 0 aliphatic rings. The summed E-state index contributed by atoms with van der Waals surface area (Å²) in [6.45, 7) is 2.58. The van der Waals surface area contributed by atoms with Gasteiger partial charge in [-0.3, -0.25) is 9.78 Å². The van der Waals surface area contributed by atoms with Crippen LogP contribution in [0, 0.1) is 0 Å². The third-order valence-electron chi connectivity index (χ3n) is 6.15. The molecule has 5 rings (SSSR count). The Morgan fingerprint density at radius 3 is 2.41 bits per heavy atom. The quantitative estimate of drug-likeness (QED) is 0.351. The second kappa shape index (κ2) is 9.27. The molecule has 1 atom stereocenters. The third kappa shape index (κ3) is 4.18. The summed E-state index contributed by atoms with van der Waals surface area (Å²) in [5.41, 5.74) is 5.07. The summed E-state index contributed by atoms with van der Waals surface area (Å²) in [7, 11) is 1.82. The van der Waals surface area contributed by atoms with Crippen molar-refractivity contribution in [2.45, 2.75) is 19.5 Å². The maximum absolute atomic E-state index is 13.8. The second-order valence-electron chi connectivity index (χ2n) is 8.32. The van der Waals surface area contributed by atoms with E-state index >= 15 is 0 Å². The number of hydrogen-bond acceptors (Lipinski definition) is 4. The Morgan fingerprint density at radius 1 is 0.971 bits per heavy atom. The number of hydrogen-bond donors (Lipinski definition) is 0. The smallest absolute Gasteiger partial charge is 0.254 e. The van der Waals surface area contributed by atoms with Gasteiger partial charge < -0.3 is 4.90 Å². The molecule has 0 saturated heterocycles. The molecule has 0 fully saturated rings. The van der Waals surface area contributed by atoms with Crippen LogP contribution in [-0.4, -0.2) is 37.6 Å². The Bertz CT molecular complexity index is 1420. The molecule has 0 spiro atoms. The van der Waals surface area contributed by atoms with E-state index in [1.165, 1.54) is 0 Å². The van der Waals surface area contributed by atoms with E-state index in [1.54, 1.807) is 23.5 Å². The molecule has 3 aromatic heterocycles. The van der Waals surface area contributed by atoms with E-state index in [-0.39, 0.29) is 11.9 Å². The molecule has 34 heavy (non-hydrogen) atoms. The Kier molecular flexibility index (Phi) is 5.87. The summed E-state index contributed by atoms with van der Waals surface area (Å²) in [5, 5.41) is 5.35. The molecular weight excluding hydrogens is 422 g/mol. The molecule has 3 heterocycles. The lowest BCUT2D eigenvalue weighted by Gasteiger charge is -2.25. The fourth-order valence-electron chi connectivity index (χ4n) is 4.07. The second-order valence-corrected chi connectivity index (χ2v) is 8.32. The monoisotopic (exact) mass is 447 g/mol. The molecule has 1 unspecified atom stereocenters. The van der Waals surface area contributed by atoms with E-state index in [0.717, 1.165) is 27.8 Å². The van der Waals surface area contributed by atoms with Crippen LogP contribution < -0.4 is 0 Å². The minimum absolute atomic E-state index is 0.0832. The van der Waals surface area contributed by atoms with Gasteiger partial charge in [0, 0.05) is 25.0 Å². The highest BCUT2D eigenvalue weighted by Crippen LogP contribution is 2.28. The highest BCUT2D eigenvalue weighted by Gasteiger charge is 2.24. The Labute approximate surface area is 198 Å². The topological polar surface area (TPSA) is 63.9 Å². The van der Waals surface area contributed by atoms with Crippen molar-refractivity contribution in [1.29, 1.82) is 0 Å². The average molecular weight is 448 g/mol. The maximum atomic E-state index is 13.8. The van der Waals surface area contributed by atoms with Crippen LogP contribution in [0.15, 0.2) is 97.5 Å². The molecular formula is C28H25N5O. The minimum Gasteiger partial charge on any atom is -0.335 e. The van der Waals surface area contributed by atoms with E-state index in [0.29, 0.717) is 17.8 Å². The fraction of sp³-hybridized carbons (Fsp3) is 0.143. The zero-order chi connectivity index (χ0) is 23.5. The van der Waals surface area contributed by atoms with Crippen LogP contribution in [0.2, 0.25) is 0 Å². The summed E-state index contributed by atoms with van der Waals surface area (Å²) in [6.07, 6.45) is 5.28. The van der Waals surface area contributed by atoms with Gasteiger partial charge in [-0.05, 0) is 30.2 Å². The number of pyridine rings is 2. The van der Waals surface area contributed by atoms with Crippen LogP contribution in [0.4, 0.5) is 0 Å². The summed E-state index contributed by atoms with van der Waals surface area (Å²) in [6, 6.07) is 25.7. The third-order valence-corrected chi connectivity index (χ3v) is 6.15. The molecule has 0 saturated carbocycles. The molecule has 6 nitrogen and oxygen atoms in total. The van der Waals surface area contributed by atoms with Crippen molar-refractivity contribution in [1.82, 2.24) is 24.6 Å². The zero-order valence-electron chi connectivity index (χ0n) is 19.2. The van der Waals surface area contributed by atoms with Gasteiger partial charge in [-0.15, -0.1) is 0 Å². The predicted molar refractivity (Wildman–Crippen MR) is 133 cm³/mol. The van der Waals surface area contributed by atoms with Gasteiger partial charge in [-0.2, -0.15) is 5.10 Å². The summed E-state index contributed by atoms with van der Waals surface area (Å²) >= 11 is 0. The van der Waals surface area contributed by atoms with Crippen LogP contribution in [0.1, 0.15) is 34.5 Å². The fourth-order valence-corrected chi connectivity index (χ4v) is 4.07. The van der Waals surface area contributed by atoms with Crippen LogP contribution in [0.5, 0.6) is 0 Å². The highest BCUT2D eigenvalue weighted by atomic mass is 16.2. The van der Waals surface area contributed by atoms with Gasteiger partial charge in [0.25, 0.3) is 5.91 Å². The van der Waals surface area contributed by atoms with Gasteiger partial charge in [0.1, 0.15) is 0 Å². The van der Waals surface area contributed by atoms with Gasteiger partial charge >= 0.3 is 0 Å². The lowest BCUT2D eigenvalue weighted by atomic mass is 10.0. The molecule has 0 N–H and O–H groups in total. The number of carbonyl (C=O) groups is 1. The number of aromatic nitrogens is 4. The summed E-state index contributed by atoms with van der Waals surface area (Å²) < 4.78 is 1.86. The Morgan fingerprint density at radius 2 is 1.71 bits per heavy atom. The molecule has 6 heteroatoms. The average Bonchev–Trinajstić information content (AvgIpc) is 3.31. The summed E-state index contributed by atoms with van der Waals surface area (Å²) in [5.74, 6) is -0.0832. The van der Waals surface area contributed by atoms with Gasteiger partial charge in [0.05, 0.1) is 35.4 Å². The Hall–Kier alpha value is -4.32. The van der Waals surface area contributed by atoms with Crippen molar-refractivity contribution < 1.29 is 4.79 Å². The van der Waals surface area contributed by atoms with Gasteiger partial charge in [0.15, 0.2) is 5.65 Å². The SMILES string of the molecule is CC(c1cccnc1)N(C)C(=O)c1cc(-c2ccccc2)nc2c1cnn2Cc1ccccc1. The number of rotatable bonds is 6. The minimum atomic E-state index is -0.135. The van der Waals surface area contributed by atoms with Crippen LogP contribution >= 0.6 is 0 Å². The van der Waals surface area contributed by atoms with Gasteiger partial charge in [0.2, 0.25) is 0 Å². The lowest BCUT2D eigenvalue weighted by molar-refractivity contribution is 0.0744. The van der Waals surface area contributed by atoms with E-state index in [4.69, 9.17) is 4.98 Å². The van der Waals surface area contributed by atoms with Crippen molar-refractivity contribution in [2.75, 3.05) is 7.05 Å². The largest absolute Gasteiger partial charge is 0.335 e. The van der Waals surface area contributed by atoms with E-state index in [1.807, 2.05) is 85.4 Å². The highest BCUT2D eigenvalue weighted by molar-refractivity contribution is 6.06. The normalized spacial score (nSPS) is 11.9.